The van der Waals surface area contributed by atoms with Crippen molar-refractivity contribution < 1.29 is 14.6 Å². The number of aliphatic hydroxyl groups is 1. The fourth-order valence-corrected chi connectivity index (χ4v) is 5.21. The molecule has 0 spiro atoms. The van der Waals surface area contributed by atoms with Crippen LogP contribution in [0.3, 0.4) is 0 Å². The molecule has 0 bridgehead atoms. The van der Waals surface area contributed by atoms with Gasteiger partial charge < -0.3 is 14.7 Å². The third-order valence-corrected chi connectivity index (χ3v) is 6.79. The van der Waals surface area contributed by atoms with Crippen LogP contribution in [0.1, 0.15) is 17.0 Å². The molecule has 0 aliphatic carbocycles. The van der Waals surface area contributed by atoms with Gasteiger partial charge in [0.1, 0.15) is 5.75 Å². The Balaban J connectivity index is 1.34. The standard InChI is InChI=1S/C27H28N2O3/c1-32-23-13-11-21(12-14-23)20-7-9-22(10-8-20)27-24-16-28(15-19-5-3-2-4-6-19)17-26(31)29(24)25(27)18-30/h2-14,24-25,27,30H,15-18H2,1H3/t24-,25+,27+/m1/s1. The summed E-state index contributed by atoms with van der Waals surface area (Å²) in [5.74, 6) is 1.10. The van der Waals surface area contributed by atoms with Crippen molar-refractivity contribution in [3.05, 3.63) is 90.0 Å². The monoisotopic (exact) mass is 428 g/mol. The van der Waals surface area contributed by atoms with Crippen molar-refractivity contribution in [3.63, 3.8) is 0 Å². The number of hydrogen-bond acceptors (Lipinski definition) is 4. The molecule has 0 radical (unpaired) electrons. The average molecular weight is 429 g/mol. The summed E-state index contributed by atoms with van der Waals surface area (Å²) in [5.41, 5.74) is 4.66. The smallest absolute Gasteiger partial charge is 0.237 e. The number of rotatable bonds is 6. The number of aliphatic hydroxyl groups excluding tert-OH is 1. The molecule has 5 heteroatoms. The van der Waals surface area contributed by atoms with Gasteiger partial charge in [-0.1, -0.05) is 66.7 Å². The van der Waals surface area contributed by atoms with Crippen LogP contribution in [0.15, 0.2) is 78.9 Å². The average Bonchev–Trinajstić information content (AvgIpc) is 2.82. The van der Waals surface area contributed by atoms with Crippen molar-refractivity contribution in [2.75, 3.05) is 26.8 Å². The second kappa shape index (κ2) is 8.77. The number of ether oxygens (including phenoxy) is 1. The van der Waals surface area contributed by atoms with Crippen LogP contribution < -0.4 is 4.74 Å². The van der Waals surface area contributed by atoms with Crippen LogP contribution in [0.25, 0.3) is 11.1 Å². The number of fused-ring (bicyclic) bond motifs is 1. The molecule has 2 heterocycles. The molecular formula is C27H28N2O3. The normalized spacial score (nSPS) is 22.9. The fraction of sp³-hybridized carbons (Fsp3) is 0.296. The van der Waals surface area contributed by atoms with E-state index in [1.54, 1.807) is 7.11 Å². The van der Waals surface area contributed by atoms with Crippen LogP contribution in [-0.2, 0) is 11.3 Å². The lowest BCUT2D eigenvalue weighted by molar-refractivity contribution is -0.162. The molecule has 1 N–H and O–H groups in total. The maximum atomic E-state index is 12.9. The molecule has 2 aliphatic heterocycles. The predicted octanol–water partition coefficient (Wildman–Crippen LogP) is 3.53. The Bertz CT molecular complexity index is 1070. The largest absolute Gasteiger partial charge is 0.497 e. The summed E-state index contributed by atoms with van der Waals surface area (Å²) in [6.45, 7) is 1.99. The molecule has 3 atom stereocenters. The lowest BCUT2D eigenvalue weighted by atomic mass is 9.73. The minimum Gasteiger partial charge on any atom is -0.497 e. The molecule has 5 nitrogen and oxygen atoms in total. The maximum Gasteiger partial charge on any atom is 0.237 e. The van der Waals surface area contributed by atoms with E-state index < -0.39 is 0 Å². The third-order valence-electron chi connectivity index (χ3n) is 6.79. The van der Waals surface area contributed by atoms with Gasteiger partial charge in [-0.25, -0.2) is 0 Å². The lowest BCUT2D eigenvalue weighted by Crippen LogP contribution is -2.72. The van der Waals surface area contributed by atoms with E-state index >= 15 is 0 Å². The summed E-state index contributed by atoms with van der Waals surface area (Å²) in [4.78, 5) is 17.0. The van der Waals surface area contributed by atoms with E-state index in [1.165, 1.54) is 11.1 Å². The van der Waals surface area contributed by atoms with Gasteiger partial charge in [-0.05, 0) is 34.4 Å². The van der Waals surface area contributed by atoms with Gasteiger partial charge in [0, 0.05) is 19.0 Å². The van der Waals surface area contributed by atoms with Crippen molar-refractivity contribution in [1.82, 2.24) is 9.80 Å². The maximum absolute atomic E-state index is 12.9. The molecule has 1 amide bonds. The van der Waals surface area contributed by atoms with Gasteiger partial charge in [0.05, 0.1) is 32.3 Å². The van der Waals surface area contributed by atoms with Gasteiger partial charge in [-0.2, -0.15) is 0 Å². The number of carbonyl (C=O) groups is 1. The number of amides is 1. The van der Waals surface area contributed by atoms with Crippen molar-refractivity contribution in [3.8, 4) is 16.9 Å². The molecule has 32 heavy (non-hydrogen) atoms. The minimum absolute atomic E-state index is 0.00811. The highest BCUT2D eigenvalue weighted by Crippen LogP contribution is 2.43. The van der Waals surface area contributed by atoms with Crippen LogP contribution in [-0.4, -0.2) is 59.7 Å². The summed E-state index contributed by atoms with van der Waals surface area (Å²) >= 11 is 0. The predicted molar refractivity (Wildman–Crippen MR) is 124 cm³/mol. The van der Waals surface area contributed by atoms with Gasteiger partial charge >= 0.3 is 0 Å². The molecule has 0 aromatic heterocycles. The van der Waals surface area contributed by atoms with Gasteiger partial charge in [0.2, 0.25) is 5.91 Å². The number of nitrogens with zero attached hydrogens (tertiary/aromatic N) is 2. The van der Waals surface area contributed by atoms with E-state index in [0.717, 1.165) is 30.0 Å². The number of methoxy groups -OCH3 is 1. The molecule has 164 valence electrons. The van der Waals surface area contributed by atoms with E-state index in [1.807, 2.05) is 35.2 Å². The van der Waals surface area contributed by atoms with Gasteiger partial charge in [-0.15, -0.1) is 0 Å². The highest BCUT2D eigenvalue weighted by atomic mass is 16.5. The first-order valence-electron chi connectivity index (χ1n) is 11.1. The number of hydrogen-bond donors (Lipinski definition) is 1. The van der Waals surface area contributed by atoms with Crippen LogP contribution >= 0.6 is 0 Å². The first kappa shape index (κ1) is 20.7. The van der Waals surface area contributed by atoms with Crippen LogP contribution in [0, 0.1) is 0 Å². The molecule has 3 aromatic rings. The Kier molecular flexibility index (Phi) is 5.68. The van der Waals surface area contributed by atoms with Gasteiger partial charge in [0.15, 0.2) is 0 Å². The molecule has 2 aliphatic rings. The molecule has 2 fully saturated rings. The number of piperazine rings is 1. The molecule has 0 unspecified atom stereocenters. The lowest BCUT2D eigenvalue weighted by Gasteiger charge is -2.59. The summed E-state index contributed by atoms with van der Waals surface area (Å²) in [6.07, 6.45) is 0. The zero-order valence-electron chi connectivity index (χ0n) is 18.2. The second-order valence-corrected chi connectivity index (χ2v) is 8.65. The van der Waals surface area contributed by atoms with Crippen molar-refractivity contribution in [1.29, 1.82) is 0 Å². The quantitative estimate of drug-likeness (QED) is 0.653. The van der Waals surface area contributed by atoms with E-state index in [0.29, 0.717) is 6.54 Å². The minimum atomic E-state index is -0.141. The van der Waals surface area contributed by atoms with Crippen molar-refractivity contribution in [2.24, 2.45) is 0 Å². The Labute approximate surface area is 188 Å². The second-order valence-electron chi connectivity index (χ2n) is 8.65. The Hall–Kier alpha value is -3.15. The summed E-state index contributed by atoms with van der Waals surface area (Å²) in [6, 6.07) is 26.8. The molecule has 2 saturated heterocycles. The van der Waals surface area contributed by atoms with Crippen LogP contribution in [0.4, 0.5) is 0 Å². The molecule has 3 aromatic carbocycles. The summed E-state index contributed by atoms with van der Waals surface area (Å²) < 4.78 is 5.25. The highest BCUT2D eigenvalue weighted by molar-refractivity contribution is 5.81. The summed E-state index contributed by atoms with van der Waals surface area (Å²) in [7, 11) is 1.67. The van der Waals surface area contributed by atoms with E-state index in [-0.39, 0.29) is 30.5 Å². The molecule has 0 saturated carbocycles. The molecular weight excluding hydrogens is 400 g/mol. The SMILES string of the molecule is COc1ccc(-c2ccc([C@H]3[C@H]4CN(Cc5ccccc5)CC(=O)N4[C@H]3CO)cc2)cc1. The fourth-order valence-electron chi connectivity index (χ4n) is 5.21. The zero-order valence-corrected chi connectivity index (χ0v) is 18.2. The van der Waals surface area contributed by atoms with Gasteiger partial charge in [-0.3, -0.25) is 9.69 Å². The zero-order chi connectivity index (χ0) is 22.1. The van der Waals surface area contributed by atoms with Crippen LogP contribution in [0.5, 0.6) is 5.75 Å². The summed E-state index contributed by atoms with van der Waals surface area (Å²) in [5, 5.41) is 10.0. The number of carbonyl (C=O) groups excluding carboxylic acids is 1. The van der Waals surface area contributed by atoms with E-state index in [4.69, 9.17) is 4.74 Å². The highest BCUT2D eigenvalue weighted by Gasteiger charge is 2.53. The Morgan fingerprint density at radius 2 is 1.59 bits per heavy atom. The van der Waals surface area contributed by atoms with Gasteiger partial charge in [0.25, 0.3) is 0 Å². The third kappa shape index (κ3) is 3.78. The van der Waals surface area contributed by atoms with Crippen molar-refractivity contribution in [2.45, 2.75) is 24.5 Å². The first-order valence-corrected chi connectivity index (χ1v) is 11.1. The van der Waals surface area contributed by atoms with Crippen molar-refractivity contribution >= 4 is 5.91 Å². The first-order chi connectivity index (χ1) is 15.7. The topological polar surface area (TPSA) is 53.0 Å². The van der Waals surface area contributed by atoms with E-state index in [9.17, 15) is 9.90 Å². The Morgan fingerprint density at radius 1 is 0.938 bits per heavy atom. The molecule has 5 rings (SSSR count). The van der Waals surface area contributed by atoms with Crippen LogP contribution in [0.2, 0.25) is 0 Å². The Morgan fingerprint density at radius 3 is 2.22 bits per heavy atom. The number of benzene rings is 3. The van der Waals surface area contributed by atoms with E-state index in [2.05, 4.69) is 53.4 Å².